The fourth-order valence-corrected chi connectivity index (χ4v) is 2.41. The molecule has 3 nitrogen and oxygen atoms in total. The van der Waals surface area contributed by atoms with Gasteiger partial charge in [-0.3, -0.25) is 4.90 Å². The van der Waals surface area contributed by atoms with Crippen LogP contribution in [0, 0.1) is 0 Å². The molecule has 0 unspecified atom stereocenters. The maximum Gasteiger partial charge on any atom is 0.0121 e. The summed E-state index contributed by atoms with van der Waals surface area (Å²) in [5.41, 5.74) is 0. The molecule has 0 aliphatic carbocycles. The molecule has 0 atom stereocenters. The van der Waals surface area contributed by atoms with E-state index in [9.17, 15) is 0 Å². The maximum absolute atomic E-state index is 3.41. The summed E-state index contributed by atoms with van der Waals surface area (Å²) in [5.74, 6) is 0. The number of piperazine rings is 1. The Kier molecular flexibility index (Phi) is 11.9. The first-order valence-electron chi connectivity index (χ1n) is 7.91. The van der Waals surface area contributed by atoms with Gasteiger partial charge in [0.1, 0.15) is 0 Å². The van der Waals surface area contributed by atoms with Crippen LogP contribution in [0.5, 0.6) is 0 Å². The maximum atomic E-state index is 3.41. The van der Waals surface area contributed by atoms with Gasteiger partial charge >= 0.3 is 0 Å². The summed E-state index contributed by atoms with van der Waals surface area (Å²) in [7, 11) is 2.23. The second kappa shape index (κ2) is 11.9. The smallest absolute Gasteiger partial charge is 0.0121 e. The zero-order valence-corrected chi connectivity index (χ0v) is 13.3. The van der Waals surface area contributed by atoms with Gasteiger partial charge in [-0.1, -0.05) is 34.1 Å². The predicted octanol–water partition coefficient (Wildman–Crippen LogP) is 2.43. The monoisotopic (exact) mass is 257 g/mol. The normalized spacial score (nSPS) is 22.5. The van der Waals surface area contributed by atoms with E-state index in [1.165, 1.54) is 58.5 Å². The standard InChI is InChI=1S/C10H21N3.C3H8.C2H6/c1-12-6-2-10(3-7-12)13-8-4-11-5-9-13;1-3-2;1-2/h10-11H,2-9H2,1H3;3H2,1-2H3;1-2H3. The van der Waals surface area contributed by atoms with Gasteiger partial charge in [0.15, 0.2) is 0 Å². The quantitative estimate of drug-likeness (QED) is 0.778. The molecule has 0 bridgehead atoms. The van der Waals surface area contributed by atoms with Crippen LogP contribution in [-0.4, -0.2) is 62.2 Å². The second-order valence-corrected chi connectivity index (χ2v) is 5.03. The number of nitrogens with zero attached hydrogens (tertiary/aromatic N) is 2. The summed E-state index contributed by atoms with van der Waals surface area (Å²) in [4.78, 5) is 5.11. The summed E-state index contributed by atoms with van der Waals surface area (Å²) in [6.45, 7) is 15.7. The molecule has 2 fully saturated rings. The number of likely N-dealkylation sites (tertiary alicyclic amines) is 1. The Balaban J connectivity index is 0.000000509. The van der Waals surface area contributed by atoms with E-state index in [4.69, 9.17) is 0 Å². The lowest BCUT2D eigenvalue weighted by Crippen LogP contribution is -2.51. The third-order valence-corrected chi connectivity index (χ3v) is 3.36. The first kappa shape index (κ1) is 17.9. The van der Waals surface area contributed by atoms with Crippen molar-refractivity contribution in [3.63, 3.8) is 0 Å². The molecule has 18 heavy (non-hydrogen) atoms. The van der Waals surface area contributed by atoms with E-state index in [1.807, 2.05) is 13.8 Å². The molecule has 0 amide bonds. The molecule has 0 saturated carbocycles. The molecule has 2 rings (SSSR count). The first-order chi connectivity index (χ1) is 8.77. The number of nitrogens with one attached hydrogen (secondary N) is 1. The molecule has 1 N–H and O–H groups in total. The molecule has 0 aromatic rings. The number of rotatable bonds is 1. The number of hydrogen-bond donors (Lipinski definition) is 1. The van der Waals surface area contributed by atoms with Crippen LogP contribution in [0.4, 0.5) is 0 Å². The van der Waals surface area contributed by atoms with Gasteiger partial charge in [-0.05, 0) is 33.0 Å². The Bertz CT molecular complexity index is 159. The number of piperidine rings is 1. The fourth-order valence-electron chi connectivity index (χ4n) is 2.41. The van der Waals surface area contributed by atoms with Crippen LogP contribution in [0.1, 0.15) is 47.0 Å². The minimum absolute atomic E-state index is 0.873. The van der Waals surface area contributed by atoms with Crippen molar-refractivity contribution in [2.45, 2.75) is 53.0 Å². The van der Waals surface area contributed by atoms with Crippen LogP contribution in [0.2, 0.25) is 0 Å². The Labute approximate surface area is 115 Å². The third-order valence-electron chi connectivity index (χ3n) is 3.36. The van der Waals surface area contributed by atoms with Crippen molar-refractivity contribution >= 4 is 0 Å². The summed E-state index contributed by atoms with van der Waals surface area (Å²) in [6, 6.07) is 0.873. The van der Waals surface area contributed by atoms with Crippen molar-refractivity contribution in [2.75, 3.05) is 46.3 Å². The average molecular weight is 257 g/mol. The lowest BCUT2D eigenvalue weighted by Gasteiger charge is -2.39. The highest BCUT2D eigenvalue weighted by Gasteiger charge is 2.23. The third kappa shape index (κ3) is 7.34. The van der Waals surface area contributed by atoms with Crippen molar-refractivity contribution in [1.82, 2.24) is 15.1 Å². The summed E-state index contributed by atoms with van der Waals surface area (Å²) < 4.78 is 0. The van der Waals surface area contributed by atoms with Gasteiger partial charge < -0.3 is 10.2 Å². The van der Waals surface area contributed by atoms with E-state index >= 15 is 0 Å². The molecule has 2 saturated heterocycles. The average Bonchev–Trinajstić information content (AvgIpc) is 2.44. The minimum atomic E-state index is 0.873. The molecule has 3 heteroatoms. The Morgan fingerprint density at radius 1 is 0.944 bits per heavy atom. The highest BCUT2D eigenvalue weighted by molar-refractivity contribution is 4.81. The van der Waals surface area contributed by atoms with Gasteiger partial charge in [-0.25, -0.2) is 0 Å². The van der Waals surface area contributed by atoms with Crippen LogP contribution in [0.25, 0.3) is 0 Å². The summed E-state index contributed by atoms with van der Waals surface area (Å²) >= 11 is 0. The van der Waals surface area contributed by atoms with Crippen LogP contribution >= 0.6 is 0 Å². The van der Waals surface area contributed by atoms with E-state index in [0.717, 1.165) is 6.04 Å². The zero-order valence-electron chi connectivity index (χ0n) is 13.3. The van der Waals surface area contributed by atoms with Crippen LogP contribution in [0.3, 0.4) is 0 Å². The SMILES string of the molecule is CC.CCC.CN1CCC(N2CCNCC2)CC1. The topological polar surface area (TPSA) is 18.5 Å². The lowest BCUT2D eigenvalue weighted by atomic mass is 10.0. The van der Waals surface area contributed by atoms with Gasteiger partial charge in [0, 0.05) is 32.2 Å². The van der Waals surface area contributed by atoms with Crippen molar-refractivity contribution in [2.24, 2.45) is 0 Å². The molecule has 2 heterocycles. The molecule has 0 aromatic carbocycles. The van der Waals surface area contributed by atoms with Crippen molar-refractivity contribution in [1.29, 1.82) is 0 Å². The molecular formula is C15H35N3. The molecule has 0 aromatic heterocycles. The largest absolute Gasteiger partial charge is 0.314 e. The Hall–Kier alpha value is -0.120. The fraction of sp³-hybridized carbons (Fsp3) is 1.00. The zero-order chi connectivity index (χ0) is 13.8. The van der Waals surface area contributed by atoms with Gasteiger partial charge in [0.2, 0.25) is 0 Å². The van der Waals surface area contributed by atoms with Gasteiger partial charge in [0.25, 0.3) is 0 Å². The molecule has 0 radical (unpaired) electrons. The van der Waals surface area contributed by atoms with E-state index < -0.39 is 0 Å². The van der Waals surface area contributed by atoms with Crippen molar-refractivity contribution < 1.29 is 0 Å². The lowest BCUT2D eigenvalue weighted by molar-refractivity contribution is 0.109. The molecule has 0 spiro atoms. The van der Waals surface area contributed by atoms with Crippen LogP contribution in [-0.2, 0) is 0 Å². The highest BCUT2D eigenvalue weighted by Crippen LogP contribution is 2.15. The summed E-state index contributed by atoms with van der Waals surface area (Å²) in [6.07, 6.45) is 3.99. The molecule has 2 aliphatic rings. The summed E-state index contributed by atoms with van der Waals surface area (Å²) in [5, 5.41) is 3.41. The molecular weight excluding hydrogens is 222 g/mol. The van der Waals surface area contributed by atoms with Gasteiger partial charge in [-0.15, -0.1) is 0 Å². The Morgan fingerprint density at radius 2 is 1.39 bits per heavy atom. The van der Waals surface area contributed by atoms with E-state index in [1.54, 1.807) is 0 Å². The van der Waals surface area contributed by atoms with Crippen molar-refractivity contribution in [3.05, 3.63) is 0 Å². The molecule has 110 valence electrons. The van der Waals surface area contributed by atoms with Gasteiger partial charge in [0.05, 0.1) is 0 Å². The molecule has 2 aliphatic heterocycles. The van der Waals surface area contributed by atoms with Crippen LogP contribution < -0.4 is 5.32 Å². The highest BCUT2D eigenvalue weighted by atomic mass is 15.2. The van der Waals surface area contributed by atoms with Gasteiger partial charge in [-0.2, -0.15) is 0 Å². The Morgan fingerprint density at radius 3 is 1.83 bits per heavy atom. The van der Waals surface area contributed by atoms with E-state index in [2.05, 4.69) is 36.0 Å². The van der Waals surface area contributed by atoms with E-state index in [-0.39, 0.29) is 0 Å². The number of hydrogen-bond acceptors (Lipinski definition) is 3. The van der Waals surface area contributed by atoms with Crippen LogP contribution in [0.15, 0.2) is 0 Å². The van der Waals surface area contributed by atoms with E-state index in [0.29, 0.717) is 0 Å². The predicted molar refractivity (Wildman–Crippen MR) is 82.3 cm³/mol. The minimum Gasteiger partial charge on any atom is -0.314 e. The second-order valence-electron chi connectivity index (χ2n) is 5.03. The first-order valence-corrected chi connectivity index (χ1v) is 7.91. The van der Waals surface area contributed by atoms with Crippen molar-refractivity contribution in [3.8, 4) is 0 Å².